The number of hydrogen-bond acceptors (Lipinski definition) is 3. The van der Waals surface area contributed by atoms with Gasteiger partial charge in [-0.05, 0) is 19.4 Å². The van der Waals surface area contributed by atoms with Crippen molar-refractivity contribution in [3.05, 3.63) is 0 Å². The molecule has 1 fully saturated rings. The molecule has 0 bridgehead atoms. The van der Waals surface area contributed by atoms with E-state index < -0.39 is 12.1 Å². The van der Waals surface area contributed by atoms with Crippen LogP contribution in [0.25, 0.3) is 0 Å². The molecule has 1 rings (SSSR count). The Morgan fingerprint density at radius 1 is 1.83 bits per heavy atom. The molecule has 0 spiro atoms. The van der Waals surface area contributed by atoms with Crippen LogP contribution in [0.5, 0.6) is 0 Å². The van der Waals surface area contributed by atoms with E-state index in [9.17, 15) is 4.79 Å². The molecule has 1 aliphatic heterocycles. The molecule has 4 nitrogen and oxygen atoms in total. The highest BCUT2D eigenvalue weighted by atomic mass is 16.5. The third-order valence-corrected chi connectivity index (χ3v) is 2.02. The summed E-state index contributed by atoms with van der Waals surface area (Å²) in [6.07, 6.45) is 0.913. The van der Waals surface area contributed by atoms with Crippen molar-refractivity contribution in [1.82, 2.24) is 5.32 Å². The Morgan fingerprint density at radius 2 is 2.58 bits per heavy atom. The van der Waals surface area contributed by atoms with Gasteiger partial charge in [0.15, 0.2) is 6.10 Å². The van der Waals surface area contributed by atoms with Crippen LogP contribution in [0.2, 0.25) is 0 Å². The van der Waals surface area contributed by atoms with E-state index in [2.05, 4.69) is 5.32 Å². The predicted octanol–water partition coefficient (Wildman–Crippen LogP) is 0.228. The number of carboxylic acid groups (broad SMARTS) is 1. The zero-order valence-corrected chi connectivity index (χ0v) is 7.25. The molecule has 1 aliphatic rings. The van der Waals surface area contributed by atoms with E-state index >= 15 is 0 Å². The second kappa shape index (κ2) is 4.42. The number of nitrogens with one attached hydrogen (secondary N) is 1. The minimum Gasteiger partial charge on any atom is -0.479 e. The second-order valence-corrected chi connectivity index (χ2v) is 2.99. The topological polar surface area (TPSA) is 58.6 Å². The van der Waals surface area contributed by atoms with Crippen LogP contribution in [0.4, 0.5) is 0 Å². The van der Waals surface area contributed by atoms with Gasteiger partial charge in [0.05, 0.1) is 6.10 Å². The summed E-state index contributed by atoms with van der Waals surface area (Å²) in [4.78, 5) is 10.6. The van der Waals surface area contributed by atoms with Crippen molar-refractivity contribution < 1.29 is 14.6 Å². The Balaban J connectivity index is 2.30. The number of carbonyl (C=O) groups is 1. The first-order chi connectivity index (χ1) is 5.74. The third kappa shape index (κ3) is 2.46. The smallest absolute Gasteiger partial charge is 0.332 e. The fourth-order valence-electron chi connectivity index (χ4n) is 1.31. The van der Waals surface area contributed by atoms with Gasteiger partial charge in [-0.25, -0.2) is 4.79 Å². The van der Waals surface area contributed by atoms with Crippen LogP contribution in [-0.2, 0) is 9.53 Å². The normalized spacial score (nSPS) is 25.6. The molecule has 0 amide bonds. The quantitative estimate of drug-likeness (QED) is 0.639. The first-order valence-corrected chi connectivity index (χ1v) is 4.33. The van der Waals surface area contributed by atoms with Crippen molar-refractivity contribution in [2.45, 2.75) is 32.0 Å². The van der Waals surface area contributed by atoms with E-state index in [0.717, 1.165) is 19.5 Å². The van der Waals surface area contributed by atoms with E-state index in [1.54, 1.807) is 0 Å². The van der Waals surface area contributed by atoms with Crippen molar-refractivity contribution in [2.75, 3.05) is 13.1 Å². The lowest BCUT2D eigenvalue weighted by molar-refractivity contribution is -0.153. The molecule has 1 heterocycles. The number of rotatable bonds is 4. The summed E-state index contributed by atoms with van der Waals surface area (Å²) in [5, 5.41) is 11.8. The maximum Gasteiger partial charge on any atom is 0.332 e. The van der Waals surface area contributed by atoms with Crippen LogP contribution in [0.15, 0.2) is 0 Å². The van der Waals surface area contributed by atoms with Gasteiger partial charge in [-0.1, -0.05) is 6.92 Å². The molecular weight excluding hydrogens is 158 g/mol. The summed E-state index contributed by atoms with van der Waals surface area (Å²) in [5.41, 5.74) is 0. The van der Waals surface area contributed by atoms with Crippen LogP contribution in [0, 0.1) is 0 Å². The zero-order valence-electron chi connectivity index (χ0n) is 7.25. The number of carboxylic acids is 1. The van der Waals surface area contributed by atoms with Gasteiger partial charge in [-0.15, -0.1) is 0 Å². The van der Waals surface area contributed by atoms with Crippen molar-refractivity contribution in [2.24, 2.45) is 0 Å². The van der Waals surface area contributed by atoms with Gasteiger partial charge in [-0.2, -0.15) is 0 Å². The molecule has 1 unspecified atom stereocenters. The molecule has 2 N–H and O–H groups in total. The average Bonchev–Trinajstić information content (AvgIpc) is 2.51. The fraction of sp³-hybridized carbons (Fsp3) is 0.875. The summed E-state index contributed by atoms with van der Waals surface area (Å²) < 4.78 is 5.36. The number of aliphatic carboxylic acids is 1. The van der Waals surface area contributed by atoms with Gasteiger partial charge in [0.25, 0.3) is 0 Å². The van der Waals surface area contributed by atoms with Crippen molar-refractivity contribution in [3.63, 3.8) is 0 Å². The molecular formula is C8H15NO3. The lowest BCUT2D eigenvalue weighted by Gasteiger charge is -2.16. The molecule has 0 saturated carbocycles. The minimum atomic E-state index is -0.857. The monoisotopic (exact) mass is 173 g/mol. The zero-order chi connectivity index (χ0) is 8.97. The number of hydrogen-bond donors (Lipinski definition) is 2. The first kappa shape index (κ1) is 9.48. The Kier molecular flexibility index (Phi) is 3.49. The second-order valence-electron chi connectivity index (χ2n) is 2.99. The molecule has 0 aromatic heterocycles. The largest absolute Gasteiger partial charge is 0.479 e. The van der Waals surface area contributed by atoms with Crippen LogP contribution in [0.1, 0.15) is 19.8 Å². The Morgan fingerprint density at radius 3 is 3.00 bits per heavy atom. The van der Waals surface area contributed by atoms with Crippen LogP contribution >= 0.6 is 0 Å². The van der Waals surface area contributed by atoms with E-state index in [4.69, 9.17) is 9.84 Å². The van der Waals surface area contributed by atoms with E-state index in [1.165, 1.54) is 0 Å². The predicted molar refractivity (Wildman–Crippen MR) is 44.1 cm³/mol. The Labute approximate surface area is 71.9 Å². The van der Waals surface area contributed by atoms with Gasteiger partial charge < -0.3 is 15.2 Å². The van der Waals surface area contributed by atoms with Crippen LogP contribution < -0.4 is 5.32 Å². The van der Waals surface area contributed by atoms with Gasteiger partial charge in [0.1, 0.15) is 0 Å². The van der Waals surface area contributed by atoms with Crippen molar-refractivity contribution in [1.29, 1.82) is 0 Å². The maximum atomic E-state index is 10.6. The molecule has 1 saturated heterocycles. The van der Waals surface area contributed by atoms with Gasteiger partial charge in [0, 0.05) is 6.54 Å². The van der Waals surface area contributed by atoms with Crippen LogP contribution in [0.3, 0.4) is 0 Å². The highest BCUT2D eigenvalue weighted by Crippen LogP contribution is 2.09. The molecule has 4 heteroatoms. The first-order valence-electron chi connectivity index (χ1n) is 4.33. The highest BCUT2D eigenvalue weighted by molar-refractivity contribution is 5.72. The van der Waals surface area contributed by atoms with E-state index in [1.807, 2.05) is 6.92 Å². The van der Waals surface area contributed by atoms with Gasteiger partial charge in [0.2, 0.25) is 0 Å². The van der Waals surface area contributed by atoms with E-state index in [0.29, 0.717) is 6.42 Å². The lowest BCUT2D eigenvalue weighted by atomic mass is 10.2. The molecule has 70 valence electrons. The van der Waals surface area contributed by atoms with Crippen molar-refractivity contribution >= 4 is 5.97 Å². The average molecular weight is 173 g/mol. The number of ether oxygens (including phenoxy) is 1. The molecule has 12 heavy (non-hydrogen) atoms. The van der Waals surface area contributed by atoms with Crippen molar-refractivity contribution in [3.8, 4) is 0 Å². The highest BCUT2D eigenvalue weighted by Gasteiger charge is 2.23. The van der Waals surface area contributed by atoms with Gasteiger partial charge >= 0.3 is 5.97 Å². The fourth-order valence-corrected chi connectivity index (χ4v) is 1.31. The summed E-state index contributed by atoms with van der Waals surface area (Å²) in [6.45, 7) is 3.53. The maximum absolute atomic E-state index is 10.6. The molecule has 0 aromatic rings. The van der Waals surface area contributed by atoms with E-state index in [-0.39, 0.29) is 6.10 Å². The SMILES string of the molecule is CCC(O[C@H]1CCNC1)C(=O)O. The Hall–Kier alpha value is -0.610. The standard InChI is InChI=1S/C8H15NO3/c1-2-7(8(10)11)12-6-3-4-9-5-6/h6-7,9H,2-5H2,1H3,(H,10,11)/t6-,7?/m0/s1. The minimum absolute atomic E-state index is 0.0889. The van der Waals surface area contributed by atoms with Gasteiger partial charge in [-0.3, -0.25) is 0 Å². The lowest BCUT2D eigenvalue weighted by Crippen LogP contribution is -2.29. The summed E-state index contributed by atoms with van der Waals surface area (Å²) >= 11 is 0. The third-order valence-electron chi connectivity index (χ3n) is 2.02. The summed E-state index contributed by atoms with van der Waals surface area (Å²) in [5.74, 6) is -0.857. The molecule has 0 aromatic carbocycles. The summed E-state index contributed by atoms with van der Waals surface area (Å²) in [7, 11) is 0. The summed E-state index contributed by atoms with van der Waals surface area (Å²) in [6, 6.07) is 0. The van der Waals surface area contributed by atoms with Crippen LogP contribution in [-0.4, -0.2) is 36.4 Å². The molecule has 2 atom stereocenters. The molecule has 0 aliphatic carbocycles. The molecule has 0 radical (unpaired) electrons. The Bertz CT molecular complexity index is 154.